The number of nitrogens with zero attached hydrogens (tertiary/aromatic N) is 1. The number of methoxy groups -OCH3 is 1. The molecule has 0 unspecified atom stereocenters. The SMILES string of the molecule is COc1ccc(NC(=O)c2sc(Nc3ccc(F)cc3)nc2C)cc1Cl. The van der Waals surface area contributed by atoms with E-state index in [2.05, 4.69) is 15.6 Å². The molecule has 0 fully saturated rings. The molecule has 3 rings (SSSR count). The predicted octanol–water partition coefficient (Wildman–Crippen LogP) is 5.25. The first-order valence-corrected chi connectivity index (χ1v) is 8.80. The van der Waals surface area contributed by atoms with E-state index in [1.165, 1.54) is 30.6 Å². The van der Waals surface area contributed by atoms with Crippen LogP contribution in [0.2, 0.25) is 5.02 Å². The molecule has 2 aromatic carbocycles. The molecule has 0 aliphatic carbocycles. The minimum absolute atomic E-state index is 0.284. The standard InChI is InChI=1S/C18H15ClFN3O2S/c1-10-16(17(24)22-13-7-8-15(25-2)14(19)9-13)26-18(21-10)23-12-5-3-11(20)4-6-12/h3-9H,1-2H3,(H,21,23)(H,22,24). The summed E-state index contributed by atoms with van der Waals surface area (Å²) >= 11 is 7.29. The first-order chi connectivity index (χ1) is 12.5. The molecule has 0 radical (unpaired) electrons. The van der Waals surface area contributed by atoms with Gasteiger partial charge in [0.2, 0.25) is 0 Å². The van der Waals surface area contributed by atoms with Gasteiger partial charge in [-0.25, -0.2) is 9.37 Å². The summed E-state index contributed by atoms with van der Waals surface area (Å²) in [5, 5.41) is 6.80. The van der Waals surface area contributed by atoms with Crippen LogP contribution in [0.5, 0.6) is 5.75 Å². The molecule has 134 valence electrons. The number of aromatic nitrogens is 1. The van der Waals surface area contributed by atoms with Crippen molar-refractivity contribution in [1.82, 2.24) is 4.98 Å². The van der Waals surface area contributed by atoms with Crippen molar-refractivity contribution in [3.63, 3.8) is 0 Å². The second-order valence-corrected chi connectivity index (χ2v) is 6.78. The lowest BCUT2D eigenvalue weighted by Gasteiger charge is -2.07. The van der Waals surface area contributed by atoms with Crippen LogP contribution < -0.4 is 15.4 Å². The van der Waals surface area contributed by atoms with Crippen LogP contribution in [0.4, 0.5) is 20.9 Å². The number of benzene rings is 2. The molecule has 3 aromatic rings. The number of hydrogen-bond acceptors (Lipinski definition) is 5. The van der Waals surface area contributed by atoms with Gasteiger partial charge in [0, 0.05) is 11.4 Å². The smallest absolute Gasteiger partial charge is 0.267 e. The average molecular weight is 392 g/mol. The van der Waals surface area contributed by atoms with Gasteiger partial charge >= 0.3 is 0 Å². The fourth-order valence-electron chi connectivity index (χ4n) is 2.25. The molecule has 1 amide bonds. The van der Waals surface area contributed by atoms with Gasteiger partial charge in [0.25, 0.3) is 5.91 Å². The van der Waals surface area contributed by atoms with Crippen molar-refractivity contribution in [1.29, 1.82) is 0 Å². The Morgan fingerprint density at radius 1 is 1.19 bits per heavy atom. The maximum absolute atomic E-state index is 13.0. The first kappa shape index (κ1) is 18.2. The van der Waals surface area contributed by atoms with Crippen LogP contribution in [-0.4, -0.2) is 18.0 Å². The van der Waals surface area contributed by atoms with Gasteiger partial charge in [-0.15, -0.1) is 0 Å². The molecule has 0 bridgehead atoms. The second-order valence-electron chi connectivity index (χ2n) is 5.37. The van der Waals surface area contributed by atoms with Crippen molar-refractivity contribution >= 4 is 45.4 Å². The molecule has 0 aliphatic heterocycles. The Balaban J connectivity index is 1.74. The van der Waals surface area contributed by atoms with Crippen LogP contribution in [-0.2, 0) is 0 Å². The molecule has 26 heavy (non-hydrogen) atoms. The highest BCUT2D eigenvalue weighted by Gasteiger charge is 2.16. The zero-order valence-corrected chi connectivity index (χ0v) is 15.5. The van der Waals surface area contributed by atoms with E-state index in [-0.39, 0.29) is 11.7 Å². The molecule has 5 nitrogen and oxygen atoms in total. The Kier molecular flexibility index (Phi) is 5.39. The van der Waals surface area contributed by atoms with E-state index in [4.69, 9.17) is 16.3 Å². The Morgan fingerprint density at radius 2 is 1.88 bits per heavy atom. The molecular formula is C18H15ClFN3O2S. The van der Waals surface area contributed by atoms with Gasteiger partial charge in [-0.2, -0.15) is 0 Å². The van der Waals surface area contributed by atoms with Gasteiger partial charge in [-0.1, -0.05) is 22.9 Å². The van der Waals surface area contributed by atoms with Gasteiger partial charge < -0.3 is 15.4 Å². The summed E-state index contributed by atoms with van der Waals surface area (Å²) in [7, 11) is 1.52. The molecule has 0 saturated carbocycles. The number of anilines is 3. The zero-order chi connectivity index (χ0) is 18.7. The number of hydrogen-bond donors (Lipinski definition) is 2. The number of carbonyl (C=O) groups is 1. The minimum atomic E-state index is -0.316. The van der Waals surface area contributed by atoms with Crippen LogP contribution in [0, 0.1) is 12.7 Å². The number of carbonyl (C=O) groups excluding carboxylic acids is 1. The van der Waals surface area contributed by atoms with Gasteiger partial charge in [0.1, 0.15) is 16.4 Å². The largest absolute Gasteiger partial charge is 0.495 e. The zero-order valence-electron chi connectivity index (χ0n) is 14.0. The van der Waals surface area contributed by atoms with E-state index in [1.54, 1.807) is 37.3 Å². The van der Waals surface area contributed by atoms with Crippen molar-refractivity contribution in [2.24, 2.45) is 0 Å². The van der Waals surface area contributed by atoms with Crippen molar-refractivity contribution < 1.29 is 13.9 Å². The third-order valence-electron chi connectivity index (χ3n) is 3.51. The van der Waals surface area contributed by atoms with Crippen LogP contribution in [0.1, 0.15) is 15.4 Å². The van der Waals surface area contributed by atoms with Gasteiger partial charge in [0.15, 0.2) is 5.13 Å². The van der Waals surface area contributed by atoms with Crippen molar-refractivity contribution in [2.75, 3.05) is 17.7 Å². The third kappa shape index (κ3) is 4.12. The number of rotatable bonds is 5. The summed E-state index contributed by atoms with van der Waals surface area (Å²) in [5.41, 5.74) is 1.84. The topological polar surface area (TPSA) is 63.2 Å². The molecule has 0 atom stereocenters. The maximum atomic E-state index is 13.0. The lowest BCUT2D eigenvalue weighted by molar-refractivity contribution is 0.103. The van der Waals surface area contributed by atoms with E-state index in [9.17, 15) is 9.18 Å². The fraction of sp³-hybridized carbons (Fsp3) is 0.111. The lowest BCUT2D eigenvalue weighted by atomic mass is 10.3. The normalized spacial score (nSPS) is 10.5. The van der Waals surface area contributed by atoms with Crippen molar-refractivity contribution in [3.8, 4) is 5.75 Å². The van der Waals surface area contributed by atoms with Gasteiger partial charge in [0.05, 0.1) is 17.8 Å². The average Bonchev–Trinajstić information content (AvgIpc) is 2.97. The predicted molar refractivity (Wildman–Crippen MR) is 102 cm³/mol. The Morgan fingerprint density at radius 3 is 2.54 bits per heavy atom. The molecule has 1 heterocycles. The molecule has 8 heteroatoms. The second kappa shape index (κ2) is 7.72. The van der Waals surface area contributed by atoms with E-state index in [0.29, 0.717) is 37.8 Å². The summed E-state index contributed by atoms with van der Waals surface area (Å²) in [6.07, 6.45) is 0. The highest BCUT2D eigenvalue weighted by atomic mass is 35.5. The molecule has 2 N–H and O–H groups in total. The number of aryl methyl sites for hydroxylation is 1. The third-order valence-corrected chi connectivity index (χ3v) is 4.87. The van der Waals surface area contributed by atoms with Gasteiger partial charge in [-0.3, -0.25) is 4.79 Å². The molecular weight excluding hydrogens is 377 g/mol. The number of thiazole rings is 1. The Hall–Kier alpha value is -2.64. The minimum Gasteiger partial charge on any atom is -0.495 e. The van der Waals surface area contributed by atoms with Crippen LogP contribution in [0.25, 0.3) is 0 Å². The van der Waals surface area contributed by atoms with Crippen molar-refractivity contribution in [3.05, 3.63) is 63.9 Å². The van der Waals surface area contributed by atoms with Crippen LogP contribution in [0.3, 0.4) is 0 Å². The fourth-order valence-corrected chi connectivity index (χ4v) is 3.39. The van der Waals surface area contributed by atoms with E-state index < -0.39 is 0 Å². The Labute approximate surface area is 158 Å². The quantitative estimate of drug-likeness (QED) is 0.623. The Bertz CT molecular complexity index is 944. The van der Waals surface area contributed by atoms with Crippen LogP contribution in [0.15, 0.2) is 42.5 Å². The monoisotopic (exact) mass is 391 g/mol. The maximum Gasteiger partial charge on any atom is 0.267 e. The summed E-state index contributed by atoms with van der Waals surface area (Å²) in [5.74, 6) is -0.0677. The van der Waals surface area contributed by atoms with Crippen molar-refractivity contribution in [2.45, 2.75) is 6.92 Å². The molecule has 0 spiro atoms. The summed E-state index contributed by atoms with van der Waals surface area (Å²) in [4.78, 5) is 17.3. The molecule has 0 saturated heterocycles. The first-order valence-electron chi connectivity index (χ1n) is 7.61. The van der Waals surface area contributed by atoms with Gasteiger partial charge in [-0.05, 0) is 49.4 Å². The number of nitrogens with one attached hydrogen (secondary N) is 2. The molecule has 1 aromatic heterocycles. The van der Waals surface area contributed by atoms with E-state index in [1.807, 2.05) is 0 Å². The lowest BCUT2D eigenvalue weighted by Crippen LogP contribution is -2.11. The molecule has 0 aliphatic rings. The number of ether oxygens (including phenoxy) is 1. The highest BCUT2D eigenvalue weighted by Crippen LogP contribution is 2.29. The summed E-state index contributed by atoms with van der Waals surface area (Å²) in [6.45, 7) is 1.75. The van der Waals surface area contributed by atoms with Crippen LogP contribution >= 0.6 is 22.9 Å². The number of halogens is 2. The summed E-state index contributed by atoms with van der Waals surface area (Å²) < 4.78 is 18.1. The number of amides is 1. The summed E-state index contributed by atoms with van der Waals surface area (Å²) in [6, 6.07) is 10.9. The van der Waals surface area contributed by atoms with E-state index >= 15 is 0 Å². The van der Waals surface area contributed by atoms with E-state index in [0.717, 1.165) is 0 Å². The highest BCUT2D eigenvalue weighted by molar-refractivity contribution is 7.17.